The maximum absolute atomic E-state index is 4.58. The number of hydrogen-bond donors (Lipinski definition) is 0. The van der Waals surface area contributed by atoms with Gasteiger partial charge in [-0.2, -0.15) is 0 Å². The average molecular weight is 504 g/mol. The Kier molecular flexibility index (Phi) is 4.69. The van der Waals surface area contributed by atoms with E-state index in [0.717, 1.165) is 17.1 Å². The van der Waals surface area contributed by atoms with Gasteiger partial charge in [-0.1, -0.05) is 78.9 Å². The Bertz CT molecular complexity index is 2110. The molecule has 38 heavy (non-hydrogen) atoms. The third-order valence-corrected chi connectivity index (χ3v) is 8.49. The predicted octanol–water partition coefficient (Wildman–Crippen LogP) is 9.28. The molecular weight excluding hydrogens is 482 g/mol. The molecule has 0 aliphatic heterocycles. The highest BCUT2D eigenvalue weighted by Crippen LogP contribution is 2.48. The summed E-state index contributed by atoms with van der Waals surface area (Å²) in [6.07, 6.45) is 3.63. The Morgan fingerprint density at radius 2 is 1.29 bits per heavy atom. The van der Waals surface area contributed by atoms with Crippen molar-refractivity contribution in [2.45, 2.75) is 0 Å². The van der Waals surface area contributed by atoms with Gasteiger partial charge in [0.2, 0.25) is 0 Å². The summed E-state index contributed by atoms with van der Waals surface area (Å²) in [5.41, 5.74) is 7.12. The zero-order chi connectivity index (χ0) is 25.1. The lowest BCUT2D eigenvalue weighted by Gasteiger charge is -2.12. The summed E-state index contributed by atoms with van der Waals surface area (Å²) in [7, 11) is 0. The van der Waals surface area contributed by atoms with E-state index in [1.165, 1.54) is 53.1 Å². The Balaban J connectivity index is 1.62. The Hall–Kier alpha value is -4.80. The van der Waals surface area contributed by atoms with Crippen LogP contribution in [0.4, 0.5) is 0 Å². The third-order valence-electron chi connectivity index (χ3n) is 7.30. The van der Waals surface area contributed by atoms with E-state index in [9.17, 15) is 0 Å². The molecule has 0 unspecified atom stereocenters. The van der Waals surface area contributed by atoms with E-state index in [0.29, 0.717) is 0 Å². The molecule has 8 rings (SSSR count). The molecule has 0 amide bonds. The molecule has 0 aliphatic carbocycles. The number of fused-ring (bicyclic) bond motifs is 7. The fourth-order valence-electron chi connectivity index (χ4n) is 5.74. The van der Waals surface area contributed by atoms with Gasteiger partial charge in [0.15, 0.2) is 5.82 Å². The SMILES string of the molecule is c1ccc(-c2cc3sc4c(-c5ncccn5)cccc4c3c3c4ccccc4n(-c4ccccc4)c23)cc1. The summed E-state index contributed by atoms with van der Waals surface area (Å²) < 4.78 is 4.92. The van der Waals surface area contributed by atoms with E-state index < -0.39 is 0 Å². The molecule has 3 nitrogen and oxygen atoms in total. The number of para-hydroxylation sites is 2. The zero-order valence-corrected chi connectivity index (χ0v) is 21.2. The molecule has 3 heterocycles. The van der Waals surface area contributed by atoms with Crippen LogP contribution in [0.2, 0.25) is 0 Å². The predicted molar refractivity (Wildman–Crippen MR) is 160 cm³/mol. The second kappa shape index (κ2) is 8.37. The molecule has 3 aromatic heterocycles. The number of nitrogens with zero attached hydrogens (tertiary/aromatic N) is 3. The normalized spacial score (nSPS) is 11.7. The van der Waals surface area contributed by atoms with Crippen molar-refractivity contribution < 1.29 is 0 Å². The van der Waals surface area contributed by atoms with Crippen LogP contribution >= 0.6 is 11.3 Å². The lowest BCUT2D eigenvalue weighted by Crippen LogP contribution is -1.95. The van der Waals surface area contributed by atoms with E-state index in [1.807, 2.05) is 29.8 Å². The topological polar surface area (TPSA) is 30.7 Å². The largest absolute Gasteiger partial charge is 0.309 e. The quantitative estimate of drug-likeness (QED) is 0.240. The Morgan fingerprint density at radius 1 is 0.579 bits per heavy atom. The molecule has 0 aliphatic rings. The number of thiophene rings is 1. The second-order valence-electron chi connectivity index (χ2n) is 9.43. The number of hydrogen-bond acceptors (Lipinski definition) is 3. The Morgan fingerprint density at radius 3 is 2.11 bits per heavy atom. The van der Waals surface area contributed by atoms with Gasteiger partial charge in [-0.15, -0.1) is 11.3 Å². The van der Waals surface area contributed by atoms with Crippen LogP contribution in [0, 0.1) is 0 Å². The molecule has 5 aromatic carbocycles. The van der Waals surface area contributed by atoms with Crippen LogP contribution in [0.1, 0.15) is 0 Å². The lowest BCUT2D eigenvalue weighted by molar-refractivity contribution is 1.18. The van der Waals surface area contributed by atoms with Crippen molar-refractivity contribution in [1.82, 2.24) is 14.5 Å². The van der Waals surface area contributed by atoms with Crippen LogP contribution in [-0.2, 0) is 0 Å². The molecule has 0 fully saturated rings. The van der Waals surface area contributed by atoms with E-state index in [2.05, 4.69) is 124 Å². The van der Waals surface area contributed by atoms with Gasteiger partial charge >= 0.3 is 0 Å². The van der Waals surface area contributed by atoms with E-state index >= 15 is 0 Å². The molecule has 0 saturated heterocycles. The molecule has 0 atom stereocenters. The van der Waals surface area contributed by atoms with Crippen molar-refractivity contribution in [3.63, 3.8) is 0 Å². The highest BCUT2D eigenvalue weighted by atomic mass is 32.1. The standard InChI is InChI=1S/C34H21N3S/c1-3-11-22(12-4-1)27-21-29-30(25-16-9-17-26(33(25)38-29)34-35-19-10-20-36-34)31-24-15-7-8-18-28(24)37(32(27)31)23-13-5-2-6-14-23/h1-21H. The molecule has 0 saturated carbocycles. The highest BCUT2D eigenvalue weighted by Gasteiger charge is 2.22. The van der Waals surface area contributed by atoms with Crippen molar-refractivity contribution in [3.05, 3.63) is 128 Å². The molecular formula is C34H21N3S. The van der Waals surface area contributed by atoms with Gasteiger partial charge in [0.05, 0.1) is 11.0 Å². The van der Waals surface area contributed by atoms with Crippen molar-refractivity contribution in [3.8, 4) is 28.2 Å². The lowest BCUT2D eigenvalue weighted by atomic mass is 9.97. The zero-order valence-electron chi connectivity index (χ0n) is 20.4. The van der Waals surface area contributed by atoms with E-state index in [4.69, 9.17) is 0 Å². The van der Waals surface area contributed by atoms with Gasteiger partial charge in [0, 0.05) is 60.2 Å². The van der Waals surface area contributed by atoms with Gasteiger partial charge in [0.1, 0.15) is 0 Å². The molecule has 8 aromatic rings. The summed E-state index contributed by atoms with van der Waals surface area (Å²) >= 11 is 1.83. The van der Waals surface area contributed by atoms with Crippen LogP contribution in [0.5, 0.6) is 0 Å². The van der Waals surface area contributed by atoms with E-state index in [-0.39, 0.29) is 0 Å². The first kappa shape index (κ1) is 21.3. The first-order valence-electron chi connectivity index (χ1n) is 12.7. The first-order valence-corrected chi connectivity index (χ1v) is 13.5. The molecule has 4 heteroatoms. The molecule has 178 valence electrons. The molecule has 0 bridgehead atoms. The fourth-order valence-corrected chi connectivity index (χ4v) is 7.00. The number of rotatable bonds is 3. The van der Waals surface area contributed by atoms with Crippen molar-refractivity contribution >= 4 is 53.3 Å². The highest BCUT2D eigenvalue weighted by molar-refractivity contribution is 7.26. The molecule has 0 N–H and O–H groups in total. The van der Waals surface area contributed by atoms with Crippen molar-refractivity contribution in [2.24, 2.45) is 0 Å². The minimum Gasteiger partial charge on any atom is -0.309 e. The van der Waals surface area contributed by atoms with Gasteiger partial charge in [-0.3, -0.25) is 0 Å². The minimum absolute atomic E-state index is 0.760. The van der Waals surface area contributed by atoms with Crippen molar-refractivity contribution in [2.75, 3.05) is 0 Å². The number of aromatic nitrogens is 3. The van der Waals surface area contributed by atoms with Crippen LogP contribution in [0.3, 0.4) is 0 Å². The van der Waals surface area contributed by atoms with Gasteiger partial charge in [-0.05, 0) is 42.0 Å². The van der Waals surface area contributed by atoms with Crippen LogP contribution in [-0.4, -0.2) is 14.5 Å². The monoisotopic (exact) mass is 503 g/mol. The van der Waals surface area contributed by atoms with Gasteiger partial charge in [0.25, 0.3) is 0 Å². The summed E-state index contributed by atoms with van der Waals surface area (Å²) in [6, 6.07) is 41.0. The summed E-state index contributed by atoms with van der Waals surface area (Å²) in [5, 5.41) is 5.09. The molecule has 0 radical (unpaired) electrons. The first-order chi connectivity index (χ1) is 18.9. The summed E-state index contributed by atoms with van der Waals surface area (Å²) in [5.74, 6) is 0.760. The van der Waals surface area contributed by atoms with Crippen LogP contribution in [0.15, 0.2) is 128 Å². The Labute approximate surface area is 223 Å². The minimum atomic E-state index is 0.760. The summed E-state index contributed by atoms with van der Waals surface area (Å²) in [4.78, 5) is 9.16. The smallest absolute Gasteiger partial charge is 0.160 e. The van der Waals surface area contributed by atoms with Crippen LogP contribution in [0.25, 0.3) is 70.2 Å². The van der Waals surface area contributed by atoms with Gasteiger partial charge in [-0.25, -0.2) is 9.97 Å². The second-order valence-corrected chi connectivity index (χ2v) is 10.5. The maximum Gasteiger partial charge on any atom is 0.160 e. The molecule has 0 spiro atoms. The average Bonchev–Trinajstić information content (AvgIpc) is 3.54. The maximum atomic E-state index is 4.58. The fraction of sp³-hybridized carbons (Fsp3) is 0. The third kappa shape index (κ3) is 3.07. The summed E-state index contributed by atoms with van der Waals surface area (Å²) in [6.45, 7) is 0. The van der Waals surface area contributed by atoms with Crippen LogP contribution < -0.4 is 0 Å². The van der Waals surface area contributed by atoms with E-state index in [1.54, 1.807) is 0 Å². The number of benzene rings is 5. The van der Waals surface area contributed by atoms with Gasteiger partial charge < -0.3 is 4.57 Å². The van der Waals surface area contributed by atoms with Crippen molar-refractivity contribution in [1.29, 1.82) is 0 Å².